The highest BCUT2D eigenvalue weighted by atomic mass is 16.2. The molecule has 0 bridgehead atoms. The SMILES string of the molecule is CCNC1CCC(N2CCCNC(=O)C2)CC1. The van der Waals surface area contributed by atoms with Gasteiger partial charge in [-0.15, -0.1) is 0 Å². The van der Waals surface area contributed by atoms with E-state index in [0.717, 1.165) is 26.1 Å². The van der Waals surface area contributed by atoms with Crippen LogP contribution in [0.25, 0.3) is 0 Å². The van der Waals surface area contributed by atoms with Crippen LogP contribution in [0.1, 0.15) is 39.0 Å². The van der Waals surface area contributed by atoms with Crippen LogP contribution in [0.15, 0.2) is 0 Å². The molecule has 0 aromatic carbocycles. The molecule has 0 aromatic rings. The molecule has 0 atom stereocenters. The molecule has 98 valence electrons. The second-order valence-electron chi connectivity index (χ2n) is 5.24. The molecule has 4 nitrogen and oxygen atoms in total. The Kier molecular flexibility index (Phi) is 4.80. The topological polar surface area (TPSA) is 44.4 Å². The minimum atomic E-state index is 0.205. The van der Waals surface area contributed by atoms with Crippen molar-refractivity contribution in [3.05, 3.63) is 0 Å². The molecule has 2 N–H and O–H groups in total. The number of rotatable bonds is 3. The monoisotopic (exact) mass is 239 g/mol. The molecule has 1 aliphatic carbocycles. The third kappa shape index (κ3) is 3.68. The Morgan fingerprint density at radius 3 is 2.82 bits per heavy atom. The van der Waals surface area contributed by atoms with Crippen molar-refractivity contribution in [2.75, 3.05) is 26.2 Å². The van der Waals surface area contributed by atoms with Crippen LogP contribution in [0.2, 0.25) is 0 Å². The number of hydrogen-bond donors (Lipinski definition) is 2. The first-order valence-electron chi connectivity index (χ1n) is 7.03. The Hall–Kier alpha value is -0.610. The standard InChI is InChI=1S/C13H25N3O/c1-2-14-11-4-6-12(7-5-11)16-9-3-8-15-13(17)10-16/h11-12,14H,2-10H2,1H3,(H,15,17). The first-order chi connectivity index (χ1) is 8.29. The summed E-state index contributed by atoms with van der Waals surface area (Å²) in [6.45, 7) is 5.78. The maximum Gasteiger partial charge on any atom is 0.234 e. The van der Waals surface area contributed by atoms with E-state index < -0.39 is 0 Å². The van der Waals surface area contributed by atoms with E-state index in [1.165, 1.54) is 25.7 Å². The largest absolute Gasteiger partial charge is 0.355 e. The molecule has 2 fully saturated rings. The molecule has 1 amide bonds. The van der Waals surface area contributed by atoms with Crippen molar-refractivity contribution in [1.29, 1.82) is 0 Å². The zero-order chi connectivity index (χ0) is 12.1. The molecule has 1 heterocycles. The van der Waals surface area contributed by atoms with E-state index in [1.54, 1.807) is 0 Å². The summed E-state index contributed by atoms with van der Waals surface area (Å²) in [6.07, 6.45) is 6.10. The van der Waals surface area contributed by atoms with Gasteiger partial charge >= 0.3 is 0 Å². The van der Waals surface area contributed by atoms with Crippen molar-refractivity contribution in [2.24, 2.45) is 0 Å². The van der Waals surface area contributed by atoms with Crippen LogP contribution in [0, 0.1) is 0 Å². The van der Waals surface area contributed by atoms with E-state index in [1.807, 2.05) is 0 Å². The van der Waals surface area contributed by atoms with E-state index in [4.69, 9.17) is 0 Å². The number of carbonyl (C=O) groups is 1. The van der Waals surface area contributed by atoms with E-state index in [2.05, 4.69) is 22.5 Å². The summed E-state index contributed by atoms with van der Waals surface area (Å²) in [6, 6.07) is 1.34. The van der Waals surface area contributed by atoms with Gasteiger partial charge in [0.15, 0.2) is 0 Å². The van der Waals surface area contributed by atoms with Gasteiger partial charge in [0, 0.05) is 25.2 Å². The minimum absolute atomic E-state index is 0.205. The summed E-state index contributed by atoms with van der Waals surface area (Å²) in [5.41, 5.74) is 0. The highest BCUT2D eigenvalue weighted by molar-refractivity contribution is 5.78. The van der Waals surface area contributed by atoms with Crippen LogP contribution in [0.4, 0.5) is 0 Å². The van der Waals surface area contributed by atoms with Crippen molar-refractivity contribution in [3.63, 3.8) is 0 Å². The third-order valence-corrected chi connectivity index (χ3v) is 4.00. The van der Waals surface area contributed by atoms with Gasteiger partial charge in [-0.1, -0.05) is 6.92 Å². The summed E-state index contributed by atoms with van der Waals surface area (Å²) < 4.78 is 0. The molecule has 1 saturated carbocycles. The second-order valence-corrected chi connectivity index (χ2v) is 5.24. The van der Waals surface area contributed by atoms with Crippen LogP contribution in [-0.2, 0) is 4.79 Å². The lowest BCUT2D eigenvalue weighted by Crippen LogP contribution is -2.44. The highest BCUT2D eigenvalue weighted by Crippen LogP contribution is 2.23. The second kappa shape index (κ2) is 6.36. The first-order valence-corrected chi connectivity index (χ1v) is 7.03. The Balaban J connectivity index is 1.80. The highest BCUT2D eigenvalue weighted by Gasteiger charge is 2.27. The molecule has 17 heavy (non-hydrogen) atoms. The van der Waals surface area contributed by atoms with Gasteiger partial charge in [0.05, 0.1) is 6.54 Å². The lowest BCUT2D eigenvalue weighted by molar-refractivity contribution is -0.122. The van der Waals surface area contributed by atoms with Gasteiger partial charge in [-0.2, -0.15) is 0 Å². The van der Waals surface area contributed by atoms with Crippen LogP contribution < -0.4 is 10.6 Å². The average Bonchev–Trinajstić information content (AvgIpc) is 2.55. The molecule has 0 radical (unpaired) electrons. The molecule has 1 aliphatic heterocycles. The van der Waals surface area contributed by atoms with E-state index >= 15 is 0 Å². The summed E-state index contributed by atoms with van der Waals surface area (Å²) in [5, 5.41) is 6.48. The van der Waals surface area contributed by atoms with Gasteiger partial charge < -0.3 is 10.6 Å². The minimum Gasteiger partial charge on any atom is -0.355 e. The number of hydrogen-bond acceptors (Lipinski definition) is 3. The summed E-state index contributed by atoms with van der Waals surface area (Å²) in [4.78, 5) is 13.9. The zero-order valence-corrected chi connectivity index (χ0v) is 10.9. The molecule has 2 aliphatic rings. The lowest BCUT2D eigenvalue weighted by Gasteiger charge is -2.36. The van der Waals surface area contributed by atoms with E-state index in [9.17, 15) is 4.79 Å². The number of nitrogens with one attached hydrogen (secondary N) is 2. The maximum atomic E-state index is 11.5. The molecule has 0 aromatic heterocycles. The Bertz CT molecular complexity index is 249. The molecular formula is C13H25N3O. The molecule has 2 rings (SSSR count). The maximum absolute atomic E-state index is 11.5. The van der Waals surface area contributed by atoms with Crippen LogP contribution in [0.5, 0.6) is 0 Å². The number of carbonyl (C=O) groups excluding carboxylic acids is 1. The predicted octanol–water partition coefficient (Wildman–Crippen LogP) is 0.729. The van der Waals surface area contributed by atoms with Crippen LogP contribution >= 0.6 is 0 Å². The molecule has 0 spiro atoms. The van der Waals surface area contributed by atoms with Crippen LogP contribution in [0.3, 0.4) is 0 Å². The first kappa shape index (κ1) is 12.8. The smallest absolute Gasteiger partial charge is 0.234 e. The van der Waals surface area contributed by atoms with Crippen LogP contribution in [-0.4, -0.2) is 49.1 Å². The summed E-state index contributed by atoms with van der Waals surface area (Å²) in [5.74, 6) is 0.205. The van der Waals surface area contributed by atoms with Crippen molar-refractivity contribution in [1.82, 2.24) is 15.5 Å². The lowest BCUT2D eigenvalue weighted by atomic mass is 9.90. The molecule has 4 heteroatoms. The van der Waals surface area contributed by atoms with Gasteiger partial charge in [-0.25, -0.2) is 0 Å². The van der Waals surface area contributed by atoms with Gasteiger partial charge in [0.25, 0.3) is 0 Å². The number of nitrogens with zero attached hydrogens (tertiary/aromatic N) is 1. The van der Waals surface area contributed by atoms with Gasteiger partial charge in [-0.05, 0) is 38.6 Å². The normalized spacial score (nSPS) is 31.9. The van der Waals surface area contributed by atoms with Gasteiger partial charge in [-0.3, -0.25) is 9.69 Å². The Labute approximate surface area is 104 Å². The van der Waals surface area contributed by atoms with Crippen molar-refractivity contribution in [2.45, 2.75) is 51.1 Å². The summed E-state index contributed by atoms with van der Waals surface area (Å²) in [7, 11) is 0. The average molecular weight is 239 g/mol. The Morgan fingerprint density at radius 2 is 2.12 bits per heavy atom. The predicted molar refractivity (Wildman–Crippen MR) is 68.9 cm³/mol. The van der Waals surface area contributed by atoms with Crippen molar-refractivity contribution >= 4 is 5.91 Å². The zero-order valence-electron chi connectivity index (χ0n) is 10.9. The fourth-order valence-electron chi connectivity index (χ4n) is 3.07. The quantitative estimate of drug-likeness (QED) is 0.763. The van der Waals surface area contributed by atoms with Crippen molar-refractivity contribution < 1.29 is 4.79 Å². The third-order valence-electron chi connectivity index (χ3n) is 4.00. The number of amides is 1. The molecule has 1 saturated heterocycles. The van der Waals surface area contributed by atoms with Gasteiger partial charge in [0.2, 0.25) is 5.91 Å². The van der Waals surface area contributed by atoms with Crippen molar-refractivity contribution in [3.8, 4) is 0 Å². The summed E-state index contributed by atoms with van der Waals surface area (Å²) >= 11 is 0. The fourth-order valence-corrected chi connectivity index (χ4v) is 3.07. The Morgan fingerprint density at radius 1 is 1.35 bits per heavy atom. The fraction of sp³-hybridized carbons (Fsp3) is 0.923. The van der Waals surface area contributed by atoms with Gasteiger partial charge in [0.1, 0.15) is 0 Å². The van der Waals surface area contributed by atoms with E-state index in [-0.39, 0.29) is 5.91 Å². The molecular weight excluding hydrogens is 214 g/mol. The van der Waals surface area contributed by atoms with E-state index in [0.29, 0.717) is 18.6 Å². The molecule has 0 unspecified atom stereocenters.